The molecule has 126 valence electrons. The Morgan fingerprint density at radius 3 is 2.40 bits per heavy atom. The van der Waals surface area contributed by atoms with Crippen LogP contribution in [0.5, 0.6) is 0 Å². The van der Waals surface area contributed by atoms with Crippen molar-refractivity contribution in [1.82, 2.24) is 0 Å². The molecule has 4 rings (SSSR count). The highest BCUT2D eigenvalue weighted by Gasteiger charge is 2.12. The average molecular weight is 330 g/mol. The Labute approximate surface area is 148 Å². The molecule has 0 aliphatic carbocycles. The van der Waals surface area contributed by atoms with Gasteiger partial charge in [0.05, 0.1) is 6.42 Å². The van der Waals surface area contributed by atoms with E-state index in [1.54, 1.807) is 0 Å². The minimum atomic E-state index is 0.0188. The fourth-order valence-electron chi connectivity index (χ4n) is 3.56. The lowest BCUT2D eigenvalue weighted by Crippen LogP contribution is -2.18. The van der Waals surface area contributed by atoms with Gasteiger partial charge in [0.15, 0.2) is 0 Å². The van der Waals surface area contributed by atoms with Gasteiger partial charge >= 0.3 is 0 Å². The van der Waals surface area contributed by atoms with Gasteiger partial charge in [-0.05, 0) is 53.4 Å². The Morgan fingerprint density at radius 1 is 0.880 bits per heavy atom. The summed E-state index contributed by atoms with van der Waals surface area (Å²) in [5.41, 5.74) is 3.15. The predicted octanol–water partition coefficient (Wildman–Crippen LogP) is 4.62. The van der Waals surface area contributed by atoms with Gasteiger partial charge in [0, 0.05) is 24.5 Å². The smallest absolute Gasteiger partial charge is 0.228 e. The number of rotatable bonds is 4. The number of nitrogens with zero attached hydrogens (tertiary/aromatic N) is 1. The van der Waals surface area contributed by atoms with E-state index in [0.717, 1.165) is 29.7 Å². The van der Waals surface area contributed by atoms with E-state index in [-0.39, 0.29) is 5.91 Å². The summed E-state index contributed by atoms with van der Waals surface area (Å²) in [7, 11) is 0. The number of hydrogen-bond donors (Lipinski definition) is 1. The summed E-state index contributed by atoms with van der Waals surface area (Å²) >= 11 is 0. The molecule has 1 aliphatic heterocycles. The van der Waals surface area contributed by atoms with Crippen LogP contribution in [0.1, 0.15) is 18.4 Å². The van der Waals surface area contributed by atoms with E-state index >= 15 is 0 Å². The van der Waals surface area contributed by atoms with Crippen molar-refractivity contribution in [1.29, 1.82) is 0 Å². The predicted molar refractivity (Wildman–Crippen MR) is 104 cm³/mol. The van der Waals surface area contributed by atoms with Gasteiger partial charge in [0.2, 0.25) is 5.91 Å². The molecule has 1 fully saturated rings. The van der Waals surface area contributed by atoms with Gasteiger partial charge in [-0.1, -0.05) is 42.5 Å². The van der Waals surface area contributed by atoms with Crippen LogP contribution < -0.4 is 10.2 Å². The van der Waals surface area contributed by atoms with E-state index in [1.807, 2.05) is 36.4 Å². The number of fused-ring (bicyclic) bond motifs is 1. The SMILES string of the molecule is O=C(Cc1cccc2ccccc12)Nc1ccc(N2CCCC2)cc1. The standard InChI is InChI=1S/C22H22N2O/c25-22(16-18-8-5-7-17-6-1-2-9-21(17)18)23-19-10-12-20(13-11-19)24-14-3-4-15-24/h1-2,5-13H,3-4,14-16H2,(H,23,25). The molecule has 3 nitrogen and oxygen atoms in total. The topological polar surface area (TPSA) is 32.3 Å². The van der Waals surface area contributed by atoms with E-state index in [4.69, 9.17) is 0 Å². The second kappa shape index (κ2) is 6.98. The normalized spacial score (nSPS) is 14.0. The summed E-state index contributed by atoms with van der Waals surface area (Å²) < 4.78 is 0. The van der Waals surface area contributed by atoms with E-state index in [2.05, 4.69) is 40.5 Å². The van der Waals surface area contributed by atoms with E-state index in [9.17, 15) is 4.79 Å². The van der Waals surface area contributed by atoms with Crippen LogP contribution in [0, 0.1) is 0 Å². The fourth-order valence-corrected chi connectivity index (χ4v) is 3.56. The lowest BCUT2D eigenvalue weighted by atomic mass is 10.0. The van der Waals surface area contributed by atoms with Crippen molar-refractivity contribution in [3.05, 3.63) is 72.3 Å². The molecule has 0 unspecified atom stereocenters. The van der Waals surface area contributed by atoms with Crippen LogP contribution in [0.4, 0.5) is 11.4 Å². The highest BCUT2D eigenvalue weighted by Crippen LogP contribution is 2.23. The first-order chi connectivity index (χ1) is 12.3. The van der Waals surface area contributed by atoms with Gasteiger partial charge in [-0.3, -0.25) is 4.79 Å². The van der Waals surface area contributed by atoms with Crippen LogP contribution >= 0.6 is 0 Å². The van der Waals surface area contributed by atoms with Gasteiger partial charge in [-0.2, -0.15) is 0 Å². The molecule has 25 heavy (non-hydrogen) atoms. The highest BCUT2D eigenvalue weighted by molar-refractivity contribution is 5.96. The lowest BCUT2D eigenvalue weighted by Gasteiger charge is -2.17. The summed E-state index contributed by atoms with van der Waals surface area (Å²) in [6, 6.07) is 22.5. The van der Waals surface area contributed by atoms with Gasteiger partial charge in [-0.25, -0.2) is 0 Å². The van der Waals surface area contributed by atoms with Crippen molar-refractivity contribution >= 4 is 28.1 Å². The number of amides is 1. The molecule has 1 N–H and O–H groups in total. The van der Waals surface area contributed by atoms with Gasteiger partial charge < -0.3 is 10.2 Å². The lowest BCUT2D eigenvalue weighted by molar-refractivity contribution is -0.115. The molecule has 1 amide bonds. The fraction of sp³-hybridized carbons (Fsp3) is 0.227. The highest BCUT2D eigenvalue weighted by atomic mass is 16.1. The van der Waals surface area contributed by atoms with Crippen molar-refractivity contribution in [2.24, 2.45) is 0 Å². The van der Waals surface area contributed by atoms with Gasteiger partial charge in [0.25, 0.3) is 0 Å². The second-order valence-electron chi connectivity index (χ2n) is 6.60. The molecule has 0 spiro atoms. The molecule has 1 aliphatic rings. The number of carbonyl (C=O) groups is 1. The molecule has 1 saturated heterocycles. The molecular weight excluding hydrogens is 308 g/mol. The zero-order chi connectivity index (χ0) is 17.1. The van der Waals surface area contributed by atoms with Gasteiger partial charge in [0.1, 0.15) is 0 Å². The molecule has 3 aromatic rings. The maximum atomic E-state index is 12.4. The van der Waals surface area contributed by atoms with Crippen LogP contribution in [-0.4, -0.2) is 19.0 Å². The Balaban J connectivity index is 1.44. The molecule has 3 aromatic carbocycles. The summed E-state index contributed by atoms with van der Waals surface area (Å²) in [6.07, 6.45) is 2.92. The molecule has 1 heterocycles. The summed E-state index contributed by atoms with van der Waals surface area (Å²) in [6.45, 7) is 2.26. The van der Waals surface area contributed by atoms with Crippen LogP contribution in [0.25, 0.3) is 10.8 Å². The quantitative estimate of drug-likeness (QED) is 0.757. The number of carbonyl (C=O) groups excluding carboxylic acids is 1. The molecule has 0 aromatic heterocycles. The third-order valence-corrected chi connectivity index (χ3v) is 4.85. The van der Waals surface area contributed by atoms with Crippen LogP contribution in [0.15, 0.2) is 66.7 Å². The maximum Gasteiger partial charge on any atom is 0.228 e. The first-order valence-corrected chi connectivity index (χ1v) is 8.91. The molecular formula is C22H22N2O. The zero-order valence-electron chi connectivity index (χ0n) is 14.2. The van der Waals surface area contributed by atoms with Gasteiger partial charge in [-0.15, -0.1) is 0 Å². The third-order valence-electron chi connectivity index (χ3n) is 4.85. The molecule has 0 saturated carbocycles. The molecule has 0 bridgehead atoms. The summed E-state index contributed by atoms with van der Waals surface area (Å²) in [4.78, 5) is 14.8. The first kappa shape index (κ1) is 15.7. The number of hydrogen-bond acceptors (Lipinski definition) is 2. The Hall–Kier alpha value is -2.81. The Bertz CT molecular complexity index is 875. The second-order valence-corrected chi connectivity index (χ2v) is 6.60. The number of anilines is 2. The first-order valence-electron chi connectivity index (χ1n) is 8.91. The summed E-state index contributed by atoms with van der Waals surface area (Å²) in [5.74, 6) is 0.0188. The van der Waals surface area contributed by atoms with Crippen molar-refractivity contribution < 1.29 is 4.79 Å². The zero-order valence-corrected chi connectivity index (χ0v) is 14.2. The molecule has 0 radical (unpaired) electrons. The Kier molecular flexibility index (Phi) is 4.38. The molecule has 0 atom stereocenters. The number of nitrogens with one attached hydrogen (secondary N) is 1. The van der Waals surface area contributed by atoms with Crippen LogP contribution in [0.3, 0.4) is 0 Å². The largest absolute Gasteiger partial charge is 0.372 e. The van der Waals surface area contributed by atoms with Crippen molar-refractivity contribution in [3.63, 3.8) is 0 Å². The van der Waals surface area contributed by atoms with Crippen molar-refractivity contribution in [2.45, 2.75) is 19.3 Å². The van der Waals surface area contributed by atoms with Crippen LogP contribution in [-0.2, 0) is 11.2 Å². The van der Waals surface area contributed by atoms with Crippen LogP contribution in [0.2, 0.25) is 0 Å². The number of benzene rings is 3. The van der Waals surface area contributed by atoms with Crippen molar-refractivity contribution in [3.8, 4) is 0 Å². The Morgan fingerprint density at radius 2 is 1.60 bits per heavy atom. The van der Waals surface area contributed by atoms with E-state index in [1.165, 1.54) is 23.9 Å². The average Bonchev–Trinajstić information content (AvgIpc) is 3.17. The minimum Gasteiger partial charge on any atom is -0.372 e. The minimum absolute atomic E-state index is 0.0188. The maximum absolute atomic E-state index is 12.4. The van der Waals surface area contributed by atoms with Crippen molar-refractivity contribution in [2.75, 3.05) is 23.3 Å². The monoisotopic (exact) mass is 330 g/mol. The van der Waals surface area contributed by atoms with E-state index < -0.39 is 0 Å². The third kappa shape index (κ3) is 3.50. The summed E-state index contributed by atoms with van der Waals surface area (Å²) in [5, 5.41) is 5.33. The van der Waals surface area contributed by atoms with E-state index in [0.29, 0.717) is 6.42 Å². The molecule has 3 heteroatoms.